The Kier molecular flexibility index (Phi) is 5.29. The van der Waals surface area contributed by atoms with Crippen molar-refractivity contribution < 1.29 is 9.53 Å². The Hall–Kier alpha value is -0.480. The summed E-state index contributed by atoms with van der Waals surface area (Å²) in [4.78, 5) is 14.1. The Bertz CT molecular complexity index is 285. The second kappa shape index (κ2) is 6.11. The molecule has 18 heavy (non-hydrogen) atoms. The first kappa shape index (κ1) is 15.6. The molecule has 0 radical (unpaired) electrons. The lowest BCUT2D eigenvalue weighted by Crippen LogP contribution is -2.43. The van der Waals surface area contributed by atoms with Gasteiger partial charge in [0.1, 0.15) is 5.60 Å². The number of amides is 1. The first-order valence-electron chi connectivity index (χ1n) is 6.68. The minimum absolute atomic E-state index is 0. The molecular formula is C13H25ClN2O2. The zero-order valence-electron chi connectivity index (χ0n) is 11.6. The van der Waals surface area contributed by atoms with Crippen LogP contribution < -0.4 is 5.32 Å². The van der Waals surface area contributed by atoms with E-state index in [0.717, 1.165) is 32.5 Å². The van der Waals surface area contributed by atoms with Crippen LogP contribution in [0.15, 0.2) is 0 Å². The number of hydrogen-bond donors (Lipinski definition) is 1. The van der Waals surface area contributed by atoms with Gasteiger partial charge in [0.15, 0.2) is 0 Å². The first-order valence-corrected chi connectivity index (χ1v) is 6.68. The Morgan fingerprint density at radius 1 is 1.33 bits per heavy atom. The molecule has 106 valence electrons. The van der Waals surface area contributed by atoms with Crippen LogP contribution in [0.5, 0.6) is 0 Å². The van der Waals surface area contributed by atoms with E-state index in [9.17, 15) is 4.79 Å². The van der Waals surface area contributed by atoms with Gasteiger partial charge in [-0.25, -0.2) is 4.79 Å². The molecule has 1 amide bonds. The molecule has 2 saturated heterocycles. The van der Waals surface area contributed by atoms with Crippen molar-refractivity contribution in [1.82, 2.24) is 10.2 Å². The van der Waals surface area contributed by atoms with Crippen LogP contribution in [0.25, 0.3) is 0 Å². The Balaban J connectivity index is 0.00000162. The number of nitrogens with zero attached hydrogens (tertiary/aromatic N) is 1. The van der Waals surface area contributed by atoms with Gasteiger partial charge in [-0.2, -0.15) is 0 Å². The maximum Gasteiger partial charge on any atom is 0.410 e. The number of carbonyl (C=O) groups is 1. The van der Waals surface area contributed by atoms with Crippen LogP contribution >= 0.6 is 12.4 Å². The van der Waals surface area contributed by atoms with Crippen molar-refractivity contribution >= 4 is 18.5 Å². The molecule has 2 atom stereocenters. The zero-order valence-corrected chi connectivity index (χ0v) is 12.4. The third kappa shape index (κ3) is 3.75. The molecule has 5 heteroatoms. The molecular weight excluding hydrogens is 252 g/mol. The van der Waals surface area contributed by atoms with Gasteiger partial charge in [-0.05, 0) is 59.0 Å². The van der Waals surface area contributed by atoms with E-state index in [0.29, 0.717) is 12.0 Å². The van der Waals surface area contributed by atoms with E-state index < -0.39 is 5.60 Å². The lowest BCUT2D eigenvalue weighted by atomic mass is 9.97. The average Bonchev–Trinajstić information content (AvgIpc) is 2.85. The van der Waals surface area contributed by atoms with Crippen LogP contribution in [0, 0.1) is 5.92 Å². The van der Waals surface area contributed by atoms with Gasteiger partial charge in [0.05, 0.1) is 0 Å². The molecule has 0 aromatic carbocycles. The van der Waals surface area contributed by atoms with Gasteiger partial charge < -0.3 is 15.0 Å². The Morgan fingerprint density at radius 3 is 2.61 bits per heavy atom. The van der Waals surface area contributed by atoms with Gasteiger partial charge >= 0.3 is 6.09 Å². The molecule has 0 aromatic rings. The highest BCUT2D eigenvalue weighted by molar-refractivity contribution is 5.85. The molecule has 0 bridgehead atoms. The first-order chi connectivity index (χ1) is 7.97. The lowest BCUT2D eigenvalue weighted by Gasteiger charge is -2.31. The molecule has 0 aliphatic carbocycles. The molecule has 0 spiro atoms. The average molecular weight is 277 g/mol. The molecule has 2 fully saturated rings. The number of halogens is 1. The van der Waals surface area contributed by atoms with E-state index >= 15 is 0 Å². The molecule has 2 aliphatic heterocycles. The van der Waals surface area contributed by atoms with Crippen molar-refractivity contribution in [1.29, 1.82) is 0 Å². The van der Waals surface area contributed by atoms with Crippen LogP contribution in [0.4, 0.5) is 4.79 Å². The number of rotatable bonds is 1. The van der Waals surface area contributed by atoms with Crippen molar-refractivity contribution in [2.24, 2.45) is 5.92 Å². The van der Waals surface area contributed by atoms with Crippen molar-refractivity contribution in [2.45, 2.75) is 51.7 Å². The maximum absolute atomic E-state index is 12.1. The van der Waals surface area contributed by atoms with Gasteiger partial charge in [-0.3, -0.25) is 0 Å². The van der Waals surface area contributed by atoms with Gasteiger partial charge in [0.25, 0.3) is 0 Å². The summed E-state index contributed by atoms with van der Waals surface area (Å²) in [5.74, 6) is 0.616. The highest BCUT2D eigenvalue weighted by Gasteiger charge is 2.37. The van der Waals surface area contributed by atoms with E-state index in [1.54, 1.807) is 0 Å². The van der Waals surface area contributed by atoms with Gasteiger partial charge in [0.2, 0.25) is 0 Å². The number of ether oxygens (including phenoxy) is 1. The van der Waals surface area contributed by atoms with Crippen LogP contribution in [0.1, 0.15) is 40.0 Å². The fourth-order valence-corrected chi connectivity index (χ4v) is 2.84. The van der Waals surface area contributed by atoms with Crippen molar-refractivity contribution in [3.8, 4) is 0 Å². The number of hydrogen-bond acceptors (Lipinski definition) is 3. The Labute approximate surface area is 116 Å². The second-order valence-electron chi connectivity index (χ2n) is 6.14. The summed E-state index contributed by atoms with van der Waals surface area (Å²) in [6, 6.07) is 0.389. The summed E-state index contributed by atoms with van der Waals surface area (Å²) in [7, 11) is 0. The minimum atomic E-state index is -0.391. The molecule has 1 N–H and O–H groups in total. The molecule has 4 nitrogen and oxygen atoms in total. The monoisotopic (exact) mass is 276 g/mol. The summed E-state index contributed by atoms with van der Waals surface area (Å²) in [6.45, 7) is 8.76. The fourth-order valence-electron chi connectivity index (χ4n) is 2.84. The van der Waals surface area contributed by atoms with Gasteiger partial charge in [-0.1, -0.05) is 0 Å². The van der Waals surface area contributed by atoms with Gasteiger partial charge in [0, 0.05) is 12.6 Å². The molecule has 2 aliphatic rings. The lowest BCUT2D eigenvalue weighted by molar-refractivity contribution is 0.0184. The maximum atomic E-state index is 12.1. The highest BCUT2D eigenvalue weighted by Crippen LogP contribution is 2.29. The second-order valence-corrected chi connectivity index (χ2v) is 6.14. The predicted molar refractivity (Wildman–Crippen MR) is 74.2 cm³/mol. The standard InChI is InChI=1S/C13H24N2O2.ClH/c1-13(2,3)17-12(16)15-8-4-5-11(15)10-6-7-14-9-10;/h10-11,14H,4-9H2,1-3H3;1H. The summed E-state index contributed by atoms with van der Waals surface area (Å²) in [5.41, 5.74) is -0.391. The third-order valence-electron chi connectivity index (χ3n) is 3.57. The Morgan fingerprint density at radius 2 is 2.06 bits per heavy atom. The van der Waals surface area contributed by atoms with Crippen LogP contribution in [0.2, 0.25) is 0 Å². The fraction of sp³-hybridized carbons (Fsp3) is 0.923. The van der Waals surface area contributed by atoms with E-state index in [1.807, 2.05) is 25.7 Å². The predicted octanol–water partition coefficient (Wildman–Crippen LogP) is 2.42. The van der Waals surface area contributed by atoms with E-state index in [1.165, 1.54) is 6.42 Å². The van der Waals surface area contributed by atoms with Crippen LogP contribution in [-0.4, -0.2) is 42.3 Å². The molecule has 0 saturated carbocycles. The van der Waals surface area contributed by atoms with E-state index in [4.69, 9.17) is 4.74 Å². The topological polar surface area (TPSA) is 41.6 Å². The van der Waals surface area contributed by atoms with Crippen molar-refractivity contribution in [3.63, 3.8) is 0 Å². The van der Waals surface area contributed by atoms with Crippen LogP contribution in [0.3, 0.4) is 0 Å². The van der Waals surface area contributed by atoms with Crippen molar-refractivity contribution in [2.75, 3.05) is 19.6 Å². The zero-order chi connectivity index (χ0) is 12.5. The summed E-state index contributed by atoms with van der Waals surface area (Å²) >= 11 is 0. The van der Waals surface area contributed by atoms with Crippen LogP contribution in [-0.2, 0) is 4.74 Å². The molecule has 2 rings (SSSR count). The van der Waals surface area contributed by atoms with Gasteiger partial charge in [-0.15, -0.1) is 12.4 Å². The third-order valence-corrected chi connectivity index (χ3v) is 3.57. The smallest absolute Gasteiger partial charge is 0.410 e. The summed E-state index contributed by atoms with van der Waals surface area (Å²) in [5, 5.41) is 3.38. The quantitative estimate of drug-likeness (QED) is 0.800. The SMILES string of the molecule is CC(C)(C)OC(=O)N1CCCC1C1CCNC1.Cl. The largest absolute Gasteiger partial charge is 0.444 e. The molecule has 2 unspecified atom stereocenters. The summed E-state index contributed by atoms with van der Waals surface area (Å²) < 4.78 is 5.48. The number of carbonyl (C=O) groups excluding carboxylic acids is 1. The molecule has 0 aromatic heterocycles. The van der Waals surface area contributed by atoms with E-state index in [2.05, 4.69) is 5.32 Å². The molecule has 2 heterocycles. The minimum Gasteiger partial charge on any atom is -0.444 e. The number of likely N-dealkylation sites (tertiary alicyclic amines) is 1. The highest BCUT2D eigenvalue weighted by atomic mass is 35.5. The summed E-state index contributed by atoms with van der Waals surface area (Å²) in [6.07, 6.45) is 3.29. The van der Waals surface area contributed by atoms with Crippen molar-refractivity contribution in [3.05, 3.63) is 0 Å². The van der Waals surface area contributed by atoms with E-state index in [-0.39, 0.29) is 18.5 Å². The normalized spacial score (nSPS) is 28.1. The number of nitrogens with one attached hydrogen (secondary N) is 1.